The lowest BCUT2D eigenvalue weighted by Crippen LogP contribution is -2.28. The molecule has 0 atom stereocenters. The number of hydrogen-bond acceptors (Lipinski definition) is 6. The molecule has 0 saturated heterocycles. The summed E-state index contributed by atoms with van der Waals surface area (Å²) in [5, 5.41) is 7.01. The normalized spacial score (nSPS) is 13.4. The van der Waals surface area contributed by atoms with E-state index in [0.29, 0.717) is 37.1 Å². The Morgan fingerprint density at radius 1 is 1.03 bits per heavy atom. The predicted molar refractivity (Wildman–Crippen MR) is 118 cm³/mol. The Bertz CT molecular complexity index is 1180. The lowest BCUT2D eigenvalue weighted by atomic mass is 10.2. The van der Waals surface area contributed by atoms with E-state index >= 15 is 0 Å². The molecule has 0 bridgehead atoms. The molecular formula is C22H24N4O5S. The summed E-state index contributed by atoms with van der Waals surface area (Å²) in [6.45, 7) is 1.46. The van der Waals surface area contributed by atoms with E-state index < -0.39 is 10.0 Å². The van der Waals surface area contributed by atoms with Crippen molar-refractivity contribution < 1.29 is 22.7 Å². The van der Waals surface area contributed by atoms with Crippen LogP contribution in [0, 0.1) is 0 Å². The Balaban J connectivity index is 1.31. The Morgan fingerprint density at radius 3 is 2.62 bits per heavy atom. The molecule has 0 fully saturated rings. The molecular weight excluding hydrogens is 432 g/mol. The fourth-order valence-electron chi connectivity index (χ4n) is 3.22. The van der Waals surface area contributed by atoms with Gasteiger partial charge < -0.3 is 14.8 Å². The Hall–Kier alpha value is -3.37. The minimum atomic E-state index is -3.80. The van der Waals surface area contributed by atoms with E-state index in [4.69, 9.17) is 9.47 Å². The molecule has 168 valence electrons. The number of anilines is 1. The van der Waals surface area contributed by atoms with Gasteiger partial charge in [-0.1, -0.05) is 30.3 Å². The highest BCUT2D eigenvalue weighted by molar-refractivity contribution is 7.89. The first-order valence-corrected chi connectivity index (χ1v) is 11.7. The van der Waals surface area contributed by atoms with Gasteiger partial charge in [0, 0.05) is 31.5 Å². The Labute approximate surface area is 186 Å². The molecule has 0 saturated carbocycles. The van der Waals surface area contributed by atoms with E-state index in [-0.39, 0.29) is 23.8 Å². The van der Waals surface area contributed by atoms with Crippen molar-refractivity contribution in [2.75, 3.05) is 25.1 Å². The Morgan fingerprint density at radius 2 is 1.81 bits per heavy atom. The molecule has 1 amide bonds. The van der Waals surface area contributed by atoms with Crippen LogP contribution in [-0.2, 0) is 21.4 Å². The van der Waals surface area contributed by atoms with Gasteiger partial charge in [0.15, 0.2) is 11.5 Å². The first kappa shape index (κ1) is 21.8. The van der Waals surface area contributed by atoms with Crippen LogP contribution in [0.5, 0.6) is 11.5 Å². The summed E-state index contributed by atoms with van der Waals surface area (Å²) in [4.78, 5) is 12.4. The molecule has 2 heterocycles. The number of carbonyl (C=O) groups is 1. The number of hydrogen-bond donors (Lipinski definition) is 2. The van der Waals surface area contributed by atoms with Crippen LogP contribution in [0.25, 0.3) is 0 Å². The van der Waals surface area contributed by atoms with Crippen molar-refractivity contribution in [2.24, 2.45) is 0 Å². The molecule has 1 aliphatic heterocycles. The number of aromatic nitrogens is 2. The van der Waals surface area contributed by atoms with Gasteiger partial charge in [-0.05, 0) is 17.7 Å². The van der Waals surface area contributed by atoms with Crippen LogP contribution in [0.1, 0.15) is 18.4 Å². The van der Waals surface area contributed by atoms with Gasteiger partial charge in [-0.15, -0.1) is 0 Å². The largest absolute Gasteiger partial charge is 0.490 e. The molecule has 32 heavy (non-hydrogen) atoms. The lowest BCUT2D eigenvalue weighted by molar-refractivity contribution is -0.116. The van der Waals surface area contributed by atoms with Crippen LogP contribution in [0.3, 0.4) is 0 Å². The number of carbonyl (C=O) groups excluding carboxylic acids is 1. The fourth-order valence-corrected chi connectivity index (χ4v) is 4.27. The number of fused-ring (bicyclic) bond motifs is 1. The summed E-state index contributed by atoms with van der Waals surface area (Å²) in [6.07, 6.45) is 2.31. The quantitative estimate of drug-likeness (QED) is 0.538. The van der Waals surface area contributed by atoms with Crippen LogP contribution < -0.4 is 19.5 Å². The van der Waals surface area contributed by atoms with Crippen molar-refractivity contribution >= 4 is 21.7 Å². The first-order chi connectivity index (χ1) is 15.5. The molecule has 9 nitrogen and oxygen atoms in total. The SMILES string of the molecule is O=C(CCNS(=O)(=O)c1ccc2c(c1)OCCCO2)Nc1ccnn1Cc1ccccc1. The number of rotatable bonds is 8. The molecule has 1 aromatic heterocycles. The van der Waals surface area contributed by atoms with Crippen LogP contribution in [0.4, 0.5) is 5.82 Å². The van der Waals surface area contributed by atoms with Crippen molar-refractivity contribution in [3.05, 3.63) is 66.4 Å². The highest BCUT2D eigenvalue weighted by Gasteiger charge is 2.19. The summed E-state index contributed by atoms with van der Waals surface area (Å²) in [5.41, 5.74) is 1.05. The summed E-state index contributed by atoms with van der Waals surface area (Å²) in [6, 6.07) is 15.9. The second-order valence-electron chi connectivity index (χ2n) is 7.21. The van der Waals surface area contributed by atoms with Crippen LogP contribution in [-0.4, -0.2) is 43.9 Å². The molecule has 4 rings (SSSR count). The maximum atomic E-state index is 12.6. The second-order valence-corrected chi connectivity index (χ2v) is 8.98. The summed E-state index contributed by atoms with van der Waals surface area (Å²) in [5.74, 6) is 1.15. The van der Waals surface area contributed by atoms with Crippen molar-refractivity contribution in [3.63, 3.8) is 0 Å². The maximum Gasteiger partial charge on any atom is 0.240 e. The van der Waals surface area contributed by atoms with E-state index in [1.807, 2.05) is 30.3 Å². The Kier molecular flexibility index (Phi) is 6.72. The number of ether oxygens (including phenoxy) is 2. The van der Waals surface area contributed by atoms with Gasteiger partial charge in [0.05, 0.1) is 30.9 Å². The van der Waals surface area contributed by atoms with Gasteiger partial charge in [-0.2, -0.15) is 5.10 Å². The molecule has 0 aliphatic carbocycles. The van der Waals surface area contributed by atoms with Crippen LogP contribution in [0.15, 0.2) is 65.7 Å². The van der Waals surface area contributed by atoms with Gasteiger partial charge >= 0.3 is 0 Å². The van der Waals surface area contributed by atoms with Crippen molar-refractivity contribution in [1.29, 1.82) is 0 Å². The average Bonchev–Trinajstić information content (AvgIpc) is 3.06. The number of amides is 1. The van der Waals surface area contributed by atoms with Crippen LogP contribution >= 0.6 is 0 Å². The number of nitrogens with zero attached hydrogens (tertiary/aromatic N) is 2. The minimum Gasteiger partial charge on any atom is -0.490 e. The summed E-state index contributed by atoms with van der Waals surface area (Å²) < 4.78 is 40.4. The van der Waals surface area contributed by atoms with E-state index in [1.165, 1.54) is 12.1 Å². The summed E-state index contributed by atoms with van der Waals surface area (Å²) >= 11 is 0. The van der Waals surface area contributed by atoms with E-state index in [0.717, 1.165) is 12.0 Å². The van der Waals surface area contributed by atoms with Gasteiger partial charge in [0.1, 0.15) is 5.82 Å². The second kappa shape index (κ2) is 9.84. The third kappa shape index (κ3) is 5.45. The molecule has 0 radical (unpaired) electrons. The zero-order valence-corrected chi connectivity index (χ0v) is 18.2. The average molecular weight is 457 g/mol. The van der Waals surface area contributed by atoms with E-state index in [1.54, 1.807) is 23.0 Å². The molecule has 1 aliphatic rings. The van der Waals surface area contributed by atoms with Gasteiger partial charge in [0.2, 0.25) is 15.9 Å². The van der Waals surface area contributed by atoms with Crippen molar-refractivity contribution in [3.8, 4) is 11.5 Å². The van der Waals surface area contributed by atoms with Gasteiger partial charge in [-0.25, -0.2) is 17.8 Å². The monoisotopic (exact) mass is 456 g/mol. The van der Waals surface area contributed by atoms with Crippen LogP contribution in [0.2, 0.25) is 0 Å². The molecule has 0 spiro atoms. The highest BCUT2D eigenvalue weighted by Crippen LogP contribution is 2.31. The van der Waals surface area contributed by atoms with Crippen molar-refractivity contribution in [2.45, 2.75) is 24.3 Å². The van der Waals surface area contributed by atoms with Gasteiger partial charge in [0.25, 0.3) is 0 Å². The zero-order valence-electron chi connectivity index (χ0n) is 17.4. The lowest BCUT2D eigenvalue weighted by Gasteiger charge is -2.11. The topological polar surface area (TPSA) is 112 Å². The zero-order chi connectivity index (χ0) is 22.4. The maximum absolute atomic E-state index is 12.6. The fraction of sp³-hybridized carbons (Fsp3) is 0.273. The first-order valence-electron chi connectivity index (χ1n) is 10.3. The number of sulfonamides is 1. The number of benzene rings is 2. The smallest absolute Gasteiger partial charge is 0.240 e. The molecule has 0 unspecified atom stereocenters. The number of nitrogens with one attached hydrogen (secondary N) is 2. The van der Waals surface area contributed by atoms with E-state index in [9.17, 15) is 13.2 Å². The molecule has 2 N–H and O–H groups in total. The molecule has 2 aromatic carbocycles. The molecule has 3 aromatic rings. The van der Waals surface area contributed by atoms with Crippen molar-refractivity contribution in [1.82, 2.24) is 14.5 Å². The third-order valence-corrected chi connectivity index (χ3v) is 6.29. The predicted octanol–water partition coefficient (Wildman–Crippen LogP) is 2.40. The van der Waals surface area contributed by atoms with Gasteiger partial charge in [-0.3, -0.25) is 4.79 Å². The third-order valence-electron chi connectivity index (χ3n) is 4.83. The highest BCUT2D eigenvalue weighted by atomic mass is 32.2. The standard InChI is InChI=1S/C22H24N4O5S/c27-22(25-21-9-11-23-26(21)16-17-5-2-1-3-6-17)10-12-24-32(28,29)18-7-8-19-20(15-18)31-14-4-13-30-19/h1-3,5-9,11,15,24H,4,10,12-14,16H2,(H,25,27). The minimum absolute atomic E-state index is 0.0275. The summed E-state index contributed by atoms with van der Waals surface area (Å²) in [7, 11) is -3.80. The van der Waals surface area contributed by atoms with E-state index in [2.05, 4.69) is 15.1 Å². The molecule has 10 heteroatoms.